The molecular formula is C14H21NO3S. The summed E-state index contributed by atoms with van der Waals surface area (Å²) in [6.07, 6.45) is 3.06. The van der Waals surface area contributed by atoms with Gasteiger partial charge in [-0.3, -0.25) is 9.59 Å². The molecule has 0 saturated heterocycles. The molecule has 0 aliphatic carbocycles. The Bertz CT molecular complexity index is 389. The van der Waals surface area contributed by atoms with E-state index in [0.29, 0.717) is 13.0 Å². The molecule has 19 heavy (non-hydrogen) atoms. The van der Waals surface area contributed by atoms with E-state index in [1.165, 1.54) is 12.0 Å². The van der Waals surface area contributed by atoms with Gasteiger partial charge >= 0.3 is 5.97 Å². The van der Waals surface area contributed by atoms with Crippen LogP contribution in [0.25, 0.3) is 0 Å². The van der Waals surface area contributed by atoms with Crippen molar-refractivity contribution in [1.29, 1.82) is 0 Å². The molecule has 0 N–H and O–H groups in total. The highest BCUT2D eigenvalue weighted by Gasteiger charge is 2.16. The van der Waals surface area contributed by atoms with Gasteiger partial charge in [-0.15, -0.1) is 11.3 Å². The highest BCUT2D eigenvalue weighted by atomic mass is 32.1. The molecule has 1 aromatic heterocycles. The predicted molar refractivity (Wildman–Crippen MR) is 76.1 cm³/mol. The van der Waals surface area contributed by atoms with Gasteiger partial charge in [-0.1, -0.05) is 13.0 Å². The molecule has 1 rings (SSSR count). The molecule has 0 bridgehead atoms. The third kappa shape index (κ3) is 5.87. The van der Waals surface area contributed by atoms with Crippen molar-refractivity contribution in [3.8, 4) is 0 Å². The maximum absolute atomic E-state index is 12.0. The largest absolute Gasteiger partial charge is 0.468 e. The van der Waals surface area contributed by atoms with Gasteiger partial charge < -0.3 is 9.64 Å². The number of amides is 1. The Morgan fingerprint density at radius 3 is 2.79 bits per heavy atom. The Morgan fingerprint density at radius 2 is 2.21 bits per heavy atom. The number of hydrogen-bond acceptors (Lipinski definition) is 4. The van der Waals surface area contributed by atoms with Gasteiger partial charge in [-0.2, -0.15) is 0 Å². The number of esters is 1. The summed E-state index contributed by atoms with van der Waals surface area (Å²) in [6.45, 7) is 2.65. The second-order valence-corrected chi connectivity index (χ2v) is 5.36. The zero-order valence-electron chi connectivity index (χ0n) is 11.6. The van der Waals surface area contributed by atoms with Gasteiger partial charge in [-0.05, 0) is 30.7 Å². The molecule has 1 heterocycles. The van der Waals surface area contributed by atoms with Crippen LogP contribution in [0.3, 0.4) is 0 Å². The monoisotopic (exact) mass is 283 g/mol. The molecule has 0 aliphatic rings. The van der Waals surface area contributed by atoms with Gasteiger partial charge in [0.25, 0.3) is 0 Å². The summed E-state index contributed by atoms with van der Waals surface area (Å²) < 4.78 is 4.61. The van der Waals surface area contributed by atoms with Crippen LogP contribution in [0.5, 0.6) is 0 Å². The van der Waals surface area contributed by atoms with E-state index in [1.54, 1.807) is 16.2 Å². The minimum Gasteiger partial charge on any atom is -0.468 e. The molecule has 0 radical (unpaired) electrons. The Kier molecular flexibility index (Phi) is 7.18. The van der Waals surface area contributed by atoms with Gasteiger partial charge in [0.2, 0.25) is 5.91 Å². The van der Waals surface area contributed by atoms with E-state index >= 15 is 0 Å². The lowest BCUT2D eigenvalue weighted by Crippen LogP contribution is -2.36. The summed E-state index contributed by atoms with van der Waals surface area (Å²) in [5.41, 5.74) is 0. The first-order valence-corrected chi connectivity index (χ1v) is 7.42. The summed E-state index contributed by atoms with van der Waals surface area (Å²) in [7, 11) is 1.34. The van der Waals surface area contributed by atoms with E-state index in [1.807, 2.05) is 18.4 Å². The first kappa shape index (κ1) is 15.7. The zero-order chi connectivity index (χ0) is 14.1. The SMILES string of the molecule is CCCN(CC(=O)OC)C(=O)CCCc1cccs1. The number of rotatable bonds is 8. The number of aryl methyl sites for hydroxylation is 1. The van der Waals surface area contributed by atoms with Gasteiger partial charge in [0.05, 0.1) is 7.11 Å². The van der Waals surface area contributed by atoms with Crippen molar-refractivity contribution >= 4 is 23.2 Å². The maximum atomic E-state index is 12.0. The Balaban J connectivity index is 2.36. The highest BCUT2D eigenvalue weighted by molar-refractivity contribution is 7.09. The van der Waals surface area contributed by atoms with Crippen molar-refractivity contribution < 1.29 is 14.3 Å². The fourth-order valence-corrected chi connectivity index (χ4v) is 2.56. The van der Waals surface area contributed by atoms with Crippen molar-refractivity contribution in [2.24, 2.45) is 0 Å². The fraction of sp³-hybridized carbons (Fsp3) is 0.571. The third-order valence-corrected chi connectivity index (χ3v) is 3.72. The van der Waals surface area contributed by atoms with Crippen LogP contribution < -0.4 is 0 Å². The van der Waals surface area contributed by atoms with Gasteiger partial charge in [0, 0.05) is 17.8 Å². The van der Waals surface area contributed by atoms with E-state index in [4.69, 9.17) is 0 Å². The van der Waals surface area contributed by atoms with Crippen LogP contribution in [0, 0.1) is 0 Å². The van der Waals surface area contributed by atoms with Crippen molar-refractivity contribution in [1.82, 2.24) is 4.90 Å². The molecule has 0 atom stereocenters. The number of hydrogen-bond donors (Lipinski definition) is 0. The Hall–Kier alpha value is -1.36. The van der Waals surface area contributed by atoms with Crippen LogP contribution in [0.15, 0.2) is 17.5 Å². The predicted octanol–water partition coefficient (Wildman–Crippen LogP) is 2.48. The van der Waals surface area contributed by atoms with Crippen molar-refractivity contribution in [2.75, 3.05) is 20.2 Å². The molecule has 0 unspecified atom stereocenters. The summed E-state index contributed by atoms with van der Waals surface area (Å²) in [5.74, 6) is -0.330. The summed E-state index contributed by atoms with van der Waals surface area (Å²) in [6, 6.07) is 4.09. The van der Waals surface area contributed by atoms with E-state index in [0.717, 1.165) is 19.3 Å². The topological polar surface area (TPSA) is 46.6 Å². The summed E-state index contributed by atoms with van der Waals surface area (Å²) in [5, 5.41) is 2.04. The van der Waals surface area contributed by atoms with Gasteiger partial charge in [-0.25, -0.2) is 0 Å². The van der Waals surface area contributed by atoms with Crippen LogP contribution in [-0.4, -0.2) is 37.0 Å². The lowest BCUT2D eigenvalue weighted by atomic mass is 10.2. The quantitative estimate of drug-likeness (QED) is 0.689. The Morgan fingerprint density at radius 1 is 1.42 bits per heavy atom. The Labute approximate surface area is 118 Å². The number of nitrogens with zero attached hydrogens (tertiary/aromatic N) is 1. The van der Waals surface area contributed by atoms with Crippen molar-refractivity contribution in [3.63, 3.8) is 0 Å². The number of methoxy groups -OCH3 is 1. The molecule has 0 aromatic carbocycles. The molecule has 1 amide bonds. The molecule has 0 fully saturated rings. The van der Waals surface area contributed by atoms with Crippen molar-refractivity contribution in [2.45, 2.75) is 32.6 Å². The normalized spacial score (nSPS) is 10.2. The molecule has 5 heteroatoms. The molecule has 106 valence electrons. The van der Waals surface area contributed by atoms with E-state index < -0.39 is 0 Å². The van der Waals surface area contributed by atoms with Crippen LogP contribution in [0.1, 0.15) is 31.1 Å². The average molecular weight is 283 g/mol. The number of thiophene rings is 1. The minimum absolute atomic E-state index is 0.0313. The van der Waals surface area contributed by atoms with Crippen LogP contribution in [-0.2, 0) is 20.7 Å². The summed E-state index contributed by atoms with van der Waals surface area (Å²) >= 11 is 1.71. The van der Waals surface area contributed by atoms with E-state index in [-0.39, 0.29) is 18.4 Å². The minimum atomic E-state index is -0.361. The third-order valence-electron chi connectivity index (χ3n) is 2.79. The lowest BCUT2D eigenvalue weighted by Gasteiger charge is -2.20. The second-order valence-electron chi connectivity index (χ2n) is 4.32. The first-order valence-electron chi connectivity index (χ1n) is 6.54. The smallest absolute Gasteiger partial charge is 0.325 e. The number of ether oxygens (including phenoxy) is 1. The molecule has 1 aromatic rings. The molecule has 0 aliphatic heterocycles. The number of carbonyl (C=O) groups excluding carboxylic acids is 2. The first-order chi connectivity index (χ1) is 9.17. The maximum Gasteiger partial charge on any atom is 0.325 e. The lowest BCUT2D eigenvalue weighted by molar-refractivity contribution is -0.147. The second kappa shape index (κ2) is 8.69. The van der Waals surface area contributed by atoms with Crippen LogP contribution in [0.2, 0.25) is 0 Å². The van der Waals surface area contributed by atoms with Crippen molar-refractivity contribution in [3.05, 3.63) is 22.4 Å². The number of carbonyl (C=O) groups is 2. The van der Waals surface area contributed by atoms with Gasteiger partial charge in [0.15, 0.2) is 0 Å². The fourth-order valence-electron chi connectivity index (χ4n) is 1.81. The van der Waals surface area contributed by atoms with Gasteiger partial charge in [0.1, 0.15) is 6.54 Å². The molecular weight excluding hydrogens is 262 g/mol. The molecule has 0 saturated carbocycles. The van der Waals surface area contributed by atoms with E-state index in [2.05, 4.69) is 10.8 Å². The molecule has 4 nitrogen and oxygen atoms in total. The van der Waals surface area contributed by atoms with Crippen LogP contribution >= 0.6 is 11.3 Å². The molecule has 0 spiro atoms. The summed E-state index contributed by atoms with van der Waals surface area (Å²) in [4.78, 5) is 26.2. The zero-order valence-corrected chi connectivity index (χ0v) is 12.4. The van der Waals surface area contributed by atoms with Crippen LogP contribution in [0.4, 0.5) is 0 Å². The standard InChI is InChI=1S/C14H21NO3S/c1-3-9-15(11-14(17)18-2)13(16)8-4-6-12-7-5-10-19-12/h5,7,10H,3-4,6,8-9,11H2,1-2H3. The highest BCUT2D eigenvalue weighted by Crippen LogP contribution is 2.12. The average Bonchev–Trinajstić information content (AvgIpc) is 2.91. The van der Waals surface area contributed by atoms with E-state index in [9.17, 15) is 9.59 Å².